The van der Waals surface area contributed by atoms with E-state index in [0.29, 0.717) is 27.9 Å². The Hall–Kier alpha value is -7.26. The highest BCUT2D eigenvalue weighted by molar-refractivity contribution is 8.15. The van der Waals surface area contributed by atoms with Gasteiger partial charge in [0.25, 0.3) is 17.1 Å². The predicted octanol–water partition coefficient (Wildman–Crippen LogP) is 0.151. The van der Waals surface area contributed by atoms with Gasteiger partial charge in [0.1, 0.15) is 52.0 Å². The van der Waals surface area contributed by atoms with Crippen molar-refractivity contribution < 1.29 is 106 Å². The van der Waals surface area contributed by atoms with Crippen LogP contribution in [-0.4, -0.2) is 255 Å². The fourth-order valence-electron chi connectivity index (χ4n) is 11.8. The number of unbranched alkanes of at least 4 members (excludes halogenated alkanes) is 4. The van der Waals surface area contributed by atoms with E-state index in [1.54, 1.807) is 33.1 Å². The van der Waals surface area contributed by atoms with Gasteiger partial charge in [0, 0.05) is 75.2 Å². The number of aliphatic hydroxyl groups is 6. The number of methoxy groups -OCH3 is 1. The van der Waals surface area contributed by atoms with Crippen LogP contribution in [0.4, 0.5) is 0 Å². The lowest BCUT2D eigenvalue weighted by molar-refractivity contribution is -0.252. The summed E-state index contributed by atoms with van der Waals surface area (Å²) in [5, 5.41) is 105. The number of carbonyl (C=O) groups is 7. The van der Waals surface area contributed by atoms with Gasteiger partial charge in [-0.25, -0.2) is 0 Å². The summed E-state index contributed by atoms with van der Waals surface area (Å²) in [6.07, 6.45) is -7.50. The van der Waals surface area contributed by atoms with E-state index in [2.05, 4.69) is 46.3 Å². The quantitative estimate of drug-likeness (QED) is 0.0415. The van der Waals surface area contributed by atoms with Gasteiger partial charge in [0.05, 0.1) is 62.5 Å². The predicted molar refractivity (Wildman–Crippen MR) is 353 cm³/mol. The molecule has 16 N–H and O–H groups in total. The molecular weight excluding hydrogens is 1320 g/mol. The molecule has 4 fully saturated rings. The summed E-state index contributed by atoms with van der Waals surface area (Å²) in [5.74, 6) is -10.4. The molecule has 1 aromatic heterocycles. The lowest BCUT2D eigenvalue weighted by Gasteiger charge is -2.36. The Kier molecular flexibility index (Phi) is 27.1. The number of β-amino-alcohol motifs (C(OH)–C–C–N with tert-alkyl or cyclic N) is 1. The summed E-state index contributed by atoms with van der Waals surface area (Å²) in [6.45, 7) is 6.09. The van der Waals surface area contributed by atoms with E-state index in [0.717, 1.165) is 73.1 Å². The van der Waals surface area contributed by atoms with Crippen LogP contribution >= 0.6 is 22.5 Å². The number of nitrogens with one attached hydrogen (secondary N) is 6. The number of aromatic hydroxyl groups is 1. The fourth-order valence-corrected chi connectivity index (χ4v) is 13.0. The zero-order valence-corrected chi connectivity index (χ0v) is 56.6. The van der Waals surface area contributed by atoms with Crippen LogP contribution in [0.3, 0.4) is 0 Å². The van der Waals surface area contributed by atoms with Crippen LogP contribution < -0.4 is 40.8 Å². The normalized spacial score (nSPS) is 25.9. The largest absolute Gasteiger partial charge is 0.504 e. The summed E-state index contributed by atoms with van der Waals surface area (Å²) in [6, 6.07) is 4.77. The van der Waals surface area contributed by atoms with Crippen LogP contribution in [0.15, 0.2) is 66.7 Å². The number of amides is 7. The maximum Gasteiger partial charge on any atom is 0.266 e. The fraction of sp³-hybridized carbons (Fsp3) is 0.578. The molecular formula is C64H90N10O22S2. The Morgan fingerprint density at radius 2 is 1.36 bits per heavy atom. The number of aliphatic hydroxyl groups excluding tert-OH is 6. The minimum atomic E-state index is -4.73. The summed E-state index contributed by atoms with van der Waals surface area (Å²) in [5.41, 5.74) is 1.34. The SMILES string of the molecule is COCCCCCCCOc1ccc(-c2nnc(-c3ccc(C(=O)N[C@H]4C[C@@H](O)CNC(=O)[C@@H]5[C@@H](O)[C@@H](C)CN5C(=O)[C@H]([C@H](O)CCNC5COC(C)(C)OC5)NC(=O)[C@H]([C@H](O)Cc5ccc(O)c(OS(O)(O)O)c5)NC(=O)[C@@H]5C[C@@H](O)CN5C(=O)[C@H]([C@@H](C)O)NC4=O)cc3)s2)cc1. The molecule has 8 rings (SSSR count). The molecule has 4 aromatic rings. The van der Waals surface area contributed by atoms with Crippen LogP contribution in [0.1, 0.15) is 95.0 Å². The molecule has 4 saturated heterocycles. The van der Waals surface area contributed by atoms with E-state index in [4.69, 9.17) is 18.9 Å². The second-order valence-corrected chi connectivity index (χ2v) is 27.5. The van der Waals surface area contributed by atoms with Gasteiger partial charge in [-0.3, -0.25) is 47.2 Å². The van der Waals surface area contributed by atoms with Crippen molar-refractivity contribution in [3.8, 4) is 38.4 Å². The van der Waals surface area contributed by atoms with Crippen LogP contribution in [0, 0.1) is 5.92 Å². The third-order valence-electron chi connectivity index (χ3n) is 17.2. The molecule has 540 valence electrons. The van der Waals surface area contributed by atoms with Gasteiger partial charge < -0.3 is 101 Å². The van der Waals surface area contributed by atoms with Gasteiger partial charge in [0.15, 0.2) is 17.3 Å². The van der Waals surface area contributed by atoms with Gasteiger partial charge in [-0.15, -0.1) is 10.2 Å². The number of aromatic nitrogens is 2. The minimum absolute atomic E-state index is 0.00721. The highest BCUT2D eigenvalue weighted by Crippen LogP contribution is 2.41. The van der Waals surface area contributed by atoms with E-state index in [1.807, 2.05) is 24.3 Å². The van der Waals surface area contributed by atoms with Gasteiger partial charge in [-0.05, 0) is 101 Å². The Morgan fingerprint density at radius 3 is 2.00 bits per heavy atom. The molecule has 0 bridgehead atoms. The molecule has 13 atom stereocenters. The van der Waals surface area contributed by atoms with Gasteiger partial charge in [-0.2, -0.15) is 0 Å². The van der Waals surface area contributed by atoms with Crippen molar-refractivity contribution in [2.45, 2.75) is 170 Å². The molecule has 0 saturated carbocycles. The zero-order valence-electron chi connectivity index (χ0n) is 54.9. The molecule has 32 nitrogen and oxygen atoms in total. The van der Waals surface area contributed by atoms with Crippen LogP contribution in [0.2, 0.25) is 0 Å². The van der Waals surface area contributed by atoms with Gasteiger partial charge in [0.2, 0.25) is 35.4 Å². The number of ether oxygens (including phenoxy) is 4. The van der Waals surface area contributed by atoms with E-state index in [9.17, 15) is 78.2 Å². The number of phenols is 1. The summed E-state index contributed by atoms with van der Waals surface area (Å²) in [7, 11) is 1.69. The van der Waals surface area contributed by atoms with Crippen LogP contribution in [0.25, 0.3) is 21.1 Å². The Balaban J connectivity index is 1.06. The molecule has 4 aliphatic heterocycles. The highest BCUT2D eigenvalue weighted by atomic mass is 32.3. The summed E-state index contributed by atoms with van der Waals surface area (Å²) in [4.78, 5) is 104. The second-order valence-electron chi connectivity index (χ2n) is 25.4. The van der Waals surface area contributed by atoms with E-state index < -0.39 is 187 Å². The van der Waals surface area contributed by atoms with Crippen molar-refractivity contribution in [3.63, 3.8) is 0 Å². The maximum atomic E-state index is 15.1. The summed E-state index contributed by atoms with van der Waals surface area (Å²) >= 11 is -3.44. The van der Waals surface area contributed by atoms with E-state index in [1.165, 1.54) is 36.5 Å². The van der Waals surface area contributed by atoms with Crippen molar-refractivity contribution in [3.05, 3.63) is 77.9 Å². The first kappa shape index (κ1) is 76.5. The number of hydrogen-bond acceptors (Lipinski definition) is 26. The number of carbonyl (C=O) groups excluding carboxylic acids is 7. The summed E-state index contributed by atoms with van der Waals surface area (Å²) < 4.78 is 56.0. The van der Waals surface area contributed by atoms with Gasteiger partial charge >= 0.3 is 0 Å². The van der Waals surface area contributed by atoms with E-state index >= 15 is 4.79 Å². The molecule has 7 amide bonds. The topological polar surface area (TPSA) is 472 Å². The molecule has 3 aromatic carbocycles. The second kappa shape index (κ2) is 34.7. The van der Waals surface area contributed by atoms with Crippen molar-refractivity contribution in [2.24, 2.45) is 5.92 Å². The van der Waals surface area contributed by atoms with Crippen molar-refractivity contribution in [1.29, 1.82) is 0 Å². The first-order chi connectivity index (χ1) is 46.5. The smallest absolute Gasteiger partial charge is 0.266 e. The number of phenolic OH excluding ortho intramolecular Hbond substituents is 1. The first-order valence-electron chi connectivity index (χ1n) is 32.4. The molecule has 0 unspecified atom stereocenters. The molecule has 98 heavy (non-hydrogen) atoms. The van der Waals surface area contributed by atoms with Crippen LogP contribution in [-0.2, 0) is 49.4 Å². The average molecular weight is 1420 g/mol. The van der Waals surface area contributed by atoms with Crippen molar-refractivity contribution in [2.75, 3.05) is 59.7 Å². The molecule has 0 spiro atoms. The number of rotatable bonds is 24. The standard InChI is InChI=1S/C64H90N10O22S2/c1-34-30-74-53(54(34)81)59(86)66-29-41(76)27-44(67-55(82)37-12-14-38(15-13-37)60-71-72-61(97-60)39-16-18-43(19-17-39)93-24-10-8-6-7-9-23-92-5)56(83)68-50(35(2)75)62(87)73-31-42(77)28-45(73)57(84)69-51(48(80)25-36-11-20-46(78)49(26-36)96-98(89,90)91)58(85)70-52(63(74)88)47(79)21-22-65-40-32-94-64(3,4)95-33-40/h11-20,26,34-35,40-42,44-45,47-48,50-54,65,75-81,89-91H,6-10,21-25,27-33H2,1-5H3,(H,66,86)(H,67,82)(H,68,83)(H,69,84)(H,70,85)/t34-,35+,41+,42+,44-,45-,47+,48+,50-,51-,52-,53-,54-/m0/s1. The molecule has 5 heterocycles. The minimum Gasteiger partial charge on any atom is -0.504 e. The number of fused-ring (bicyclic) bond motifs is 2. The Labute approximate surface area is 571 Å². The number of nitrogens with zero attached hydrogens (tertiary/aromatic N) is 4. The third kappa shape index (κ3) is 20.9. The average Bonchev–Trinajstić information content (AvgIpc) is 1.61. The van der Waals surface area contributed by atoms with Crippen molar-refractivity contribution in [1.82, 2.24) is 51.9 Å². The molecule has 0 aliphatic carbocycles. The van der Waals surface area contributed by atoms with Crippen molar-refractivity contribution >= 4 is 63.8 Å². The maximum absolute atomic E-state index is 15.1. The van der Waals surface area contributed by atoms with Crippen LogP contribution in [0.5, 0.6) is 17.2 Å². The monoisotopic (exact) mass is 1410 g/mol. The Bertz CT molecular complexity index is 3350. The zero-order chi connectivity index (χ0) is 71.2. The highest BCUT2D eigenvalue weighted by Gasteiger charge is 2.50. The third-order valence-corrected chi connectivity index (χ3v) is 18.7. The lowest BCUT2D eigenvalue weighted by atomic mass is 9.98. The van der Waals surface area contributed by atoms with E-state index in [-0.39, 0.29) is 43.9 Å². The lowest BCUT2D eigenvalue weighted by Crippen LogP contribution is -2.64. The molecule has 0 radical (unpaired) electrons. The first-order valence-corrected chi connectivity index (χ1v) is 34.6. The number of hydrogen-bond donors (Lipinski definition) is 16. The Morgan fingerprint density at radius 1 is 0.745 bits per heavy atom. The number of benzene rings is 3. The van der Waals surface area contributed by atoms with Gasteiger partial charge in [-0.1, -0.05) is 55.7 Å². The molecule has 4 aliphatic rings. The molecule has 34 heteroatoms.